The predicted molar refractivity (Wildman–Crippen MR) is 67.6 cm³/mol. The minimum Gasteiger partial charge on any atom is -0.396 e. The second-order valence-electron chi connectivity index (χ2n) is 5.46. The molecule has 0 fully saturated rings. The van der Waals surface area contributed by atoms with Gasteiger partial charge >= 0.3 is 0 Å². The van der Waals surface area contributed by atoms with E-state index in [1.165, 1.54) is 0 Å². The molecule has 5 nitrogen and oxygen atoms in total. The van der Waals surface area contributed by atoms with Crippen molar-refractivity contribution in [1.82, 2.24) is 20.1 Å². The van der Waals surface area contributed by atoms with E-state index in [9.17, 15) is 0 Å². The van der Waals surface area contributed by atoms with Gasteiger partial charge < -0.3 is 10.4 Å². The van der Waals surface area contributed by atoms with E-state index in [2.05, 4.69) is 43.1 Å². The Morgan fingerprint density at radius 2 is 2.18 bits per heavy atom. The van der Waals surface area contributed by atoms with Crippen LogP contribution >= 0.6 is 0 Å². The van der Waals surface area contributed by atoms with E-state index in [0.29, 0.717) is 12.6 Å². The van der Waals surface area contributed by atoms with E-state index in [1.54, 1.807) is 6.33 Å². The van der Waals surface area contributed by atoms with Crippen molar-refractivity contribution in [3.63, 3.8) is 0 Å². The van der Waals surface area contributed by atoms with Gasteiger partial charge in [-0.1, -0.05) is 13.8 Å². The van der Waals surface area contributed by atoms with Crippen molar-refractivity contribution in [2.24, 2.45) is 5.41 Å². The fourth-order valence-corrected chi connectivity index (χ4v) is 1.74. The minimum absolute atomic E-state index is 0.109. The SMILES string of the molecule is CC(C)n1ncnc1CNCC(C)(C)CCO. The van der Waals surface area contributed by atoms with Gasteiger partial charge in [0.25, 0.3) is 0 Å². The summed E-state index contributed by atoms with van der Waals surface area (Å²) in [5, 5.41) is 16.5. The molecule has 17 heavy (non-hydrogen) atoms. The average molecular weight is 240 g/mol. The summed E-state index contributed by atoms with van der Waals surface area (Å²) in [5.41, 5.74) is 0.109. The van der Waals surface area contributed by atoms with Gasteiger partial charge in [-0.25, -0.2) is 9.67 Å². The summed E-state index contributed by atoms with van der Waals surface area (Å²) < 4.78 is 1.92. The maximum atomic E-state index is 8.95. The highest BCUT2D eigenvalue weighted by Gasteiger charge is 2.17. The zero-order valence-corrected chi connectivity index (χ0v) is 11.3. The van der Waals surface area contributed by atoms with Crippen LogP contribution in [0.3, 0.4) is 0 Å². The Bertz CT molecular complexity index is 333. The van der Waals surface area contributed by atoms with Crippen LogP contribution in [0.4, 0.5) is 0 Å². The Hall–Kier alpha value is -0.940. The molecule has 1 aromatic heterocycles. The Morgan fingerprint density at radius 1 is 1.47 bits per heavy atom. The third-order valence-corrected chi connectivity index (χ3v) is 2.81. The number of nitrogens with zero attached hydrogens (tertiary/aromatic N) is 3. The fourth-order valence-electron chi connectivity index (χ4n) is 1.74. The molecule has 0 bridgehead atoms. The lowest BCUT2D eigenvalue weighted by atomic mass is 9.90. The Balaban J connectivity index is 2.43. The van der Waals surface area contributed by atoms with Crippen molar-refractivity contribution in [2.45, 2.75) is 46.7 Å². The molecule has 0 saturated carbocycles. The molecule has 2 N–H and O–H groups in total. The highest BCUT2D eigenvalue weighted by molar-refractivity contribution is 4.86. The summed E-state index contributed by atoms with van der Waals surface area (Å²) in [5.74, 6) is 0.958. The number of aromatic nitrogens is 3. The monoisotopic (exact) mass is 240 g/mol. The highest BCUT2D eigenvalue weighted by atomic mass is 16.3. The van der Waals surface area contributed by atoms with Gasteiger partial charge in [-0.05, 0) is 25.7 Å². The van der Waals surface area contributed by atoms with Crippen LogP contribution in [0, 0.1) is 5.41 Å². The summed E-state index contributed by atoms with van der Waals surface area (Å²) >= 11 is 0. The Morgan fingerprint density at radius 3 is 2.76 bits per heavy atom. The van der Waals surface area contributed by atoms with Gasteiger partial charge in [0.1, 0.15) is 12.2 Å². The van der Waals surface area contributed by atoms with Crippen LogP contribution in [-0.4, -0.2) is 33.0 Å². The summed E-state index contributed by atoms with van der Waals surface area (Å²) in [6, 6.07) is 0.333. The number of nitrogens with one attached hydrogen (secondary N) is 1. The third kappa shape index (κ3) is 4.44. The lowest BCUT2D eigenvalue weighted by Crippen LogP contribution is -2.31. The number of hydrogen-bond acceptors (Lipinski definition) is 4. The normalized spacial score (nSPS) is 12.4. The third-order valence-electron chi connectivity index (χ3n) is 2.81. The molecular weight excluding hydrogens is 216 g/mol. The van der Waals surface area contributed by atoms with E-state index in [4.69, 9.17) is 5.11 Å². The molecule has 0 aliphatic carbocycles. The number of hydrogen-bond donors (Lipinski definition) is 2. The molecule has 0 aliphatic rings. The van der Waals surface area contributed by atoms with Gasteiger partial charge in [0.15, 0.2) is 0 Å². The zero-order chi connectivity index (χ0) is 12.9. The molecule has 0 spiro atoms. The molecule has 0 aromatic carbocycles. The zero-order valence-electron chi connectivity index (χ0n) is 11.3. The first kappa shape index (κ1) is 14.1. The van der Waals surface area contributed by atoms with E-state index in [0.717, 1.165) is 18.8 Å². The molecule has 0 atom stereocenters. The molecule has 0 radical (unpaired) electrons. The van der Waals surface area contributed by atoms with Crippen LogP contribution in [-0.2, 0) is 6.54 Å². The van der Waals surface area contributed by atoms with Gasteiger partial charge in [0, 0.05) is 19.2 Å². The Kier molecular flexibility index (Phi) is 5.08. The lowest BCUT2D eigenvalue weighted by Gasteiger charge is -2.24. The van der Waals surface area contributed by atoms with Gasteiger partial charge in [-0.2, -0.15) is 5.10 Å². The summed E-state index contributed by atoms with van der Waals surface area (Å²) in [6.07, 6.45) is 2.40. The largest absolute Gasteiger partial charge is 0.396 e. The van der Waals surface area contributed by atoms with E-state index in [1.807, 2.05) is 4.68 Å². The maximum Gasteiger partial charge on any atom is 0.141 e. The summed E-state index contributed by atoms with van der Waals surface area (Å²) in [6.45, 7) is 10.3. The highest BCUT2D eigenvalue weighted by Crippen LogP contribution is 2.18. The van der Waals surface area contributed by atoms with Crippen LogP contribution in [0.5, 0.6) is 0 Å². The molecule has 5 heteroatoms. The van der Waals surface area contributed by atoms with Crippen molar-refractivity contribution in [2.75, 3.05) is 13.2 Å². The molecule has 0 saturated heterocycles. The molecule has 1 rings (SSSR count). The predicted octanol–water partition coefficient (Wildman–Crippen LogP) is 1.36. The van der Waals surface area contributed by atoms with Crippen LogP contribution < -0.4 is 5.32 Å². The van der Waals surface area contributed by atoms with Crippen molar-refractivity contribution < 1.29 is 5.11 Å². The van der Waals surface area contributed by atoms with Crippen LogP contribution in [0.1, 0.15) is 46.0 Å². The summed E-state index contributed by atoms with van der Waals surface area (Å²) in [7, 11) is 0. The minimum atomic E-state index is 0.109. The van der Waals surface area contributed by atoms with Crippen molar-refractivity contribution in [3.05, 3.63) is 12.2 Å². The molecular formula is C12H24N4O. The number of aliphatic hydroxyl groups is 1. The van der Waals surface area contributed by atoms with E-state index >= 15 is 0 Å². The average Bonchev–Trinajstić information content (AvgIpc) is 2.65. The first-order chi connectivity index (χ1) is 7.96. The van der Waals surface area contributed by atoms with E-state index < -0.39 is 0 Å². The first-order valence-electron chi connectivity index (χ1n) is 6.16. The molecule has 0 unspecified atom stereocenters. The number of rotatable bonds is 7. The molecule has 1 heterocycles. The van der Waals surface area contributed by atoms with Crippen molar-refractivity contribution in [3.8, 4) is 0 Å². The van der Waals surface area contributed by atoms with Gasteiger partial charge in [0.05, 0.1) is 6.54 Å². The second kappa shape index (κ2) is 6.12. The lowest BCUT2D eigenvalue weighted by molar-refractivity contribution is 0.206. The second-order valence-corrected chi connectivity index (χ2v) is 5.46. The quantitative estimate of drug-likeness (QED) is 0.755. The Labute approximate surface area is 103 Å². The summed E-state index contributed by atoms with van der Waals surface area (Å²) in [4.78, 5) is 4.24. The smallest absolute Gasteiger partial charge is 0.141 e. The maximum absolute atomic E-state index is 8.95. The molecule has 1 aromatic rings. The van der Waals surface area contributed by atoms with Crippen LogP contribution in [0.2, 0.25) is 0 Å². The van der Waals surface area contributed by atoms with Gasteiger partial charge in [-0.3, -0.25) is 0 Å². The van der Waals surface area contributed by atoms with Crippen molar-refractivity contribution >= 4 is 0 Å². The first-order valence-corrected chi connectivity index (χ1v) is 6.16. The van der Waals surface area contributed by atoms with Gasteiger partial charge in [-0.15, -0.1) is 0 Å². The molecule has 0 aliphatic heterocycles. The van der Waals surface area contributed by atoms with Crippen LogP contribution in [0.25, 0.3) is 0 Å². The number of aliphatic hydroxyl groups excluding tert-OH is 1. The van der Waals surface area contributed by atoms with Gasteiger partial charge in [0.2, 0.25) is 0 Å². The van der Waals surface area contributed by atoms with E-state index in [-0.39, 0.29) is 12.0 Å². The molecule has 0 amide bonds. The molecule has 98 valence electrons. The standard InChI is InChI=1S/C12H24N4O/c1-10(2)16-11(14-9-15-16)7-13-8-12(3,4)5-6-17/h9-10,13,17H,5-8H2,1-4H3. The van der Waals surface area contributed by atoms with Crippen molar-refractivity contribution in [1.29, 1.82) is 0 Å². The van der Waals surface area contributed by atoms with Crippen LogP contribution in [0.15, 0.2) is 6.33 Å². The fraction of sp³-hybridized carbons (Fsp3) is 0.833. The topological polar surface area (TPSA) is 63.0 Å².